The van der Waals surface area contributed by atoms with E-state index in [9.17, 15) is 4.79 Å². The monoisotopic (exact) mass is 414 g/mol. The maximum Gasteiger partial charge on any atom is 0.257 e. The minimum atomic E-state index is -0.209. The minimum Gasteiger partial charge on any atom is -0.382 e. The van der Waals surface area contributed by atoms with Crippen LogP contribution in [0.25, 0.3) is 11.3 Å². The molecule has 0 saturated carbocycles. The summed E-state index contributed by atoms with van der Waals surface area (Å²) >= 11 is 0. The number of nitrogen functional groups attached to an aromatic ring is 1. The summed E-state index contributed by atoms with van der Waals surface area (Å²) in [5.74, 6) is 0.764. The van der Waals surface area contributed by atoms with Crippen molar-refractivity contribution in [3.05, 3.63) is 82.7 Å². The number of aryl methyl sites for hydroxylation is 3. The molecule has 0 atom stereocenters. The minimum absolute atomic E-state index is 0.209. The summed E-state index contributed by atoms with van der Waals surface area (Å²) in [6, 6.07) is 13.5. The number of hydrogen-bond acceptors (Lipinski definition) is 4. The van der Waals surface area contributed by atoms with E-state index >= 15 is 0 Å². The van der Waals surface area contributed by atoms with Gasteiger partial charge in [-0.2, -0.15) is 5.10 Å². The van der Waals surface area contributed by atoms with Gasteiger partial charge in [-0.3, -0.25) is 14.8 Å². The summed E-state index contributed by atoms with van der Waals surface area (Å²) in [5, 5.41) is 7.12. The van der Waals surface area contributed by atoms with Crippen molar-refractivity contribution >= 4 is 17.7 Å². The van der Waals surface area contributed by atoms with Gasteiger partial charge in [-0.05, 0) is 67.3 Å². The number of imidazole rings is 1. The fourth-order valence-electron chi connectivity index (χ4n) is 3.65. The Morgan fingerprint density at radius 1 is 1.06 bits per heavy atom. The average molecular weight is 415 g/mol. The summed E-state index contributed by atoms with van der Waals surface area (Å²) < 4.78 is 3.65. The number of benzene rings is 2. The van der Waals surface area contributed by atoms with Gasteiger partial charge in [-0.1, -0.05) is 18.2 Å². The molecule has 0 aliphatic heterocycles. The van der Waals surface area contributed by atoms with E-state index in [0.717, 1.165) is 16.8 Å². The van der Waals surface area contributed by atoms with Crippen molar-refractivity contribution in [2.45, 2.75) is 27.3 Å². The molecule has 2 heterocycles. The molecule has 3 N–H and O–H groups in total. The van der Waals surface area contributed by atoms with Crippen LogP contribution in [0.4, 0.5) is 11.8 Å². The van der Waals surface area contributed by atoms with Gasteiger partial charge >= 0.3 is 0 Å². The first-order chi connectivity index (χ1) is 14.8. The predicted octanol–water partition coefficient (Wildman–Crippen LogP) is 4.09. The number of nitrogens with one attached hydrogen (secondary N) is 1. The Hall–Kier alpha value is -3.87. The Labute approximate surface area is 181 Å². The molecule has 0 radical (unpaired) electrons. The van der Waals surface area contributed by atoms with E-state index in [-0.39, 0.29) is 5.91 Å². The lowest BCUT2D eigenvalue weighted by Crippen LogP contribution is -2.15. The highest BCUT2D eigenvalue weighted by molar-refractivity contribution is 6.03. The topological polar surface area (TPSA) is 90.8 Å². The molecule has 2 aromatic heterocycles. The quantitative estimate of drug-likeness (QED) is 0.515. The van der Waals surface area contributed by atoms with Gasteiger partial charge in [0.1, 0.15) is 5.82 Å². The Kier molecular flexibility index (Phi) is 5.33. The predicted molar refractivity (Wildman–Crippen MR) is 123 cm³/mol. The second-order valence-corrected chi connectivity index (χ2v) is 7.87. The van der Waals surface area contributed by atoms with Crippen LogP contribution in [0.15, 0.2) is 54.9 Å². The van der Waals surface area contributed by atoms with Gasteiger partial charge in [0.15, 0.2) is 0 Å². The third-order valence-electron chi connectivity index (χ3n) is 5.53. The summed E-state index contributed by atoms with van der Waals surface area (Å²) in [6.45, 7) is 6.83. The van der Waals surface area contributed by atoms with E-state index in [1.807, 2.05) is 36.0 Å². The van der Waals surface area contributed by atoms with E-state index in [2.05, 4.69) is 48.3 Å². The number of amides is 1. The number of anilines is 2. The second-order valence-electron chi connectivity index (χ2n) is 7.87. The zero-order valence-corrected chi connectivity index (χ0v) is 18.2. The molecule has 31 heavy (non-hydrogen) atoms. The molecular formula is C24H26N6O. The molecule has 0 bridgehead atoms. The number of carbonyl (C=O) groups is 1. The molecular weight excluding hydrogens is 388 g/mol. The van der Waals surface area contributed by atoms with E-state index in [4.69, 9.17) is 5.73 Å². The molecule has 4 rings (SSSR count). The van der Waals surface area contributed by atoms with Crippen molar-refractivity contribution in [2.75, 3.05) is 11.1 Å². The van der Waals surface area contributed by atoms with Crippen molar-refractivity contribution in [2.24, 2.45) is 7.05 Å². The number of hydrogen-bond donors (Lipinski definition) is 2. The van der Waals surface area contributed by atoms with Gasteiger partial charge < -0.3 is 10.3 Å². The fraction of sp³-hybridized carbons (Fsp3) is 0.208. The molecule has 0 aliphatic carbocycles. The average Bonchev–Trinajstić information content (AvgIpc) is 3.30. The molecule has 7 heteroatoms. The summed E-state index contributed by atoms with van der Waals surface area (Å²) in [7, 11) is 1.91. The van der Waals surface area contributed by atoms with Gasteiger partial charge in [0.2, 0.25) is 5.95 Å². The molecule has 0 unspecified atom stereocenters. The van der Waals surface area contributed by atoms with Crippen LogP contribution in [0.3, 0.4) is 0 Å². The molecule has 0 spiro atoms. The maximum absolute atomic E-state index is 12.9. The van der Waals surface area contributed by atoms with E-state index in [0.29, 0.717) is 23.9 Å². The first-order valence-electron chi connectivity index (χ1n) is 10.1. The van der Waals surface area contributed by atoms with Crippen LogP contribution in [0.2, 0.25) is 0 Å². The summed E-state index contributed by atoms with van der Waals surface area (Å²) in [5.41, 5.74) is 12.9. The van der Waals surface area contributed by atoms with Gasteiger partial charge in [0.25, 0.3) is 5.91 Å². The Balaban J connectivity index is 1.55. The lowest BCUT2D eigenvalue weighted by atomic mass is 9.99. The third-order valence-corrected chi connectivity index (χ3v) is 5.53. The zero-order chi connectivity index (χ0) is 22.1. The van der Waals surface area contributed by atoms with Gasteiger partial charge in [0, 0.05) is 24.4 Å². The van der Waals surface area contributed by atoms with Crippen LogP contribution >= 0.6 is 0 Å². The molecule has 158 valence electrons. The summed E-state index contributed by atoms with van der Waals surface area (Å²) in [4.78, 5) is 17.3. The van der Waals surface area contributed by atoms with Crippen LogP contribution in [-0.2, 0) is 13.6 Å². The zero-order valence-electron chi connectivity index (χ0n) is 18.2. The summed E-state index contributed by atoms with van der Waals surface area (Å²) in [6.07, 6.45) is 3.61. The van der Waals surface area contributed by atoms with Crippen molar-refractivity contribution in [1.29, 1.82) is 0 Å². The SMILES string of the molecule is Cc1cc(C)c(-c2cnc(NC(=O)c3cccc(Cn4ccc(N)n4)c3)n2C)cc1C. The number of carbonyl (C=O) groups excluding carboxylic acids is 1. The number of nitrogens with zero attached hydrogens (tertiary/aromatic N) is 4. The highest BCUT2D eigenvalue weighted by atomic mass is 16.1. The van der Waals surface area contributed by atoms with Gasteiger partial charge in [0.05, 0.1) is 18.4 Å². The van der Waals surface area contributed by atoms with Crippen LogP contribution in [0.1, 0.15) is 32.6 Å². The lowest BCUT2D eigenvalue weighted by molar-refractivity contribution is 0.102. The van der Waals surface area contributed by atoms with Crippen LogP contribution in [0, 0.1) is 20.8 Å². The molecule has 0 fully saturated rings. The van der Waals surface area contributed by atoms with Crippen LogP contribution < -0.4 is 11.1 Å². The van der Waals surface area contributed by atoms with Gasteiger partial charge in [-0.25, -0.2) is 4.98 Å². The first kappa shape index (κ1) is 20.4. The van der Waals surface area contributed by atoms with Crippen molar-refractivity contribution in [3.63, 3.8) is 0 Å². The van der Waals surface area contributed by atoms with Gasteiger partial charge in [-0.15, -0.1) is 0 Å². The van der Waals surface area contributed by atoms with Crippen LogP contribution in [-0.4, -0.2) is 25.2 Å². The largest absolute Gasteiger partial charge is 0.382 e. The van der Waals surface area contributed by atoms with Crippen molar-refractivity contribution in [3.8, 4) is 11.3 Å². The Morgan fingerprint density at radius 3 is 2.58 bits per heavy atom. The number of nitrogens with two attached hydrogens (primary N) is 1. The molecule has 1 amide bonds. The third kappa shape index (κ3) is 4.21. The first-order valence-corrected chi connectivity index (χ1v) is 10.1. The second kappa shape index (κ2) is 8.10. The smallest absolute Gasteiger partial charge is 0.257 e. The lowest BCUT2D eigenvalue weighted by Gasteiger charge is -2.12. The van der Waals surface area contributed by atoms with Crippen molar-refractivity contribution < 1.29 is 4.79 Å². The van der Waals surface area contributed by atoms with Crippen LogP contribution in [0.5, 0.6) is 0 Å². The molecule has 4 aromatic rings. The van der Waals surface area contributed by atoms with E-state index in [1.165, 1.54) is 16.7 Å². The highest BCUT2D eigenvalue weighted by Crippen LogP contribution is 2.28. The molecule has 2 aromatic carbocycles. The van der Waals surface area contributed by atoms with E-state index < -0.39 is 0 Å². The Morgan fingerprint density at radius 2 is 1.84 bits per heavy atom. The number of aromatic nitrogens is 4. The molecule has 0 saturated heterocycles. The standard InChI is InChI=1S/C24H26N6O/c1-15-10-17(3)20(11-16(15)2)21-13-26-24(29(21)4)27-23(31)19-7-5-6-18(12-19)14-30-9-8-22(25)28-30/h5-13H,14H2,1-4H3,(H2,25,28)(H,26,27,31). The maximum atomic E-state index is 12.9. The van der Waals surface area contributed by atoms with E-state index in [1.54, 1.807) is 23.0 Å². The fourth-order valence-corrected chi connectivity index (χ4v) is 3.65. The Bertz CT molecular complexity index is 1270. The van der Waals surface area contributed by atoms with Crippen molar-refractivity contribution in [1.82, 2.24) is 19.3 Å². The highest BCUT2D eigenvalue weighted by Gasteiger charge is 2.15. The number of rotatable bonds is 5. The molecule has 0 aliphatic rings. The normalized spacial score (nSPS) is 11.0. The molecule has 7 nitrogen and oxygen atoms in total.